The topological polar surface area (TPSA) is 45.9 Å². The van der Waals surface area contributed by atoms with E-state index in [-0.39, 0.29) is 0 Å². The van der Waals surface area contributed by atoms with Crippen LogP contribution in [0.25, 0.3) is 6.08 Å². The SMILES string of the molecule is N#Cc1cccc(OCC=Cc2ccccc2)n1. The Morgan fingerprint density at radius 2 is 1.94 bits per heavy atom. The molecule has 2 rings (SSSR count). The summed E-state index contributed by atoms with van der Waals surface area (Å²) >= 11 is 0. The molecule has 0 unspecified atom stereocenters. The number of rotatable bonds is 4. The van der Waals surface area contributed by atoms with Gasteiger partial charge in [-0.15, -0.1) is 0 Å². The molecule has 1 aromatic heterocycles. The number of nitriles is 1. The molecule has 0 aliphatic carbocycles. The lowest BCUT2D eigenvalue weighted by atomic mass is 10.2. The van der Waals surface area contributed by atoms with Gasteiger partial charge >= 0.3 is 0 Å². The van der Waals surface area contributed by atoms with Crippen molar-refractivity contribution in [3.8, 4) is 11.9 Å². The quantitative estimate of drug-likeness (QED) is 0.819. The van der Waals surface area contributed by atoms with E-state index >= 15 is 0 Å². The Bertz CT molecular complexity index is 571. The van der Waals surface area contributed by atoms with Crippen molar-refractivity contribution in [3.05, 3.63) is 65.9 Å². The van der Waals surface area contributed by atoms with Crippen LogP contribution in [0.1, 0.15) is 11.3 Å². The number of hydrogen-bond acceptors (Lipinski definition) is 3. The summed E-state index contributed by atoms with van der Waals surface area (Å²) in [6.07, 6.45) is 3.89. The van der Waals surface area contributed by atoms with Crippen molar-refractivity contribution < 1.29 is 4.74 Å². The summed E-state index contributed by atoms with van der Waals surface area (Å²) < 4.78 is 5.42. The smallest absolute Gasteiger partial charge is 0.214 e. The van der Waals surface area contributed by atoms with E-state index in [1.165, 1.54) is 0 Å². The van der Waals surface area contributed by atoms with Crippen LogP contribution in [0.5, 0.6) is 5.88 Å². The van der Waals surface area contributed by atoms with Crippen LogP contribution in [-0.2, 0) is 0 Å². The van der Waals surface area contributed by atoms with E-state index in [2.05, 4.69) is 4.98 Å². The van der Waals surface area contributed by atoms with Crippen LogP contribution in [0.2, 0.25) is 0 Å². The average Bonchev–Trinajstić information content (AvgIpc) is 2.45. The maximum absolute atomic E-state index is 8.70. The fourth-order valence-electron chi connectivity index (χ4n) is 1.44. The third kappa shape index (κ3) is 3.46. The first-order valence-corrected chi connectivity index (χ1v) is 5.60. The van der Waals surface area contributed by atoms with E-state index in [9.17, 15) is 0 Å². The summed E-state index contributed by atoms with van der Waals surface area (Å²) in [5.74, 6) is 0.465. The van der Waals surface area contributed by atoms with Gasteiger partial charge in [-0.3, -0.25) is 0 Å². The Morgan fingerprint density at radius 1 is 1.11 bits per heavy atom. The second kappa shape index (κ2) is 6.21. The molecular formula is C15H12N2O. The van der Waals surface area contributed by atoms with Gasteiger partial charge in [-0.25, -0.2) is 4.98 Å². The zero-order valence-corrected chi connectivity index (χ0v) is 9.78. The predicted octanol–water partition coefficient (Wildman–Crippen LogP) is 3.05. The van der Waals surface area contributed by atoms with Gasteiger partial charge in [0.25, 0.3) is 0 Å². The zero-order chi connectivity index (χ0) is 12.6. The second-order valence-electron chi connectivity index (χ2n) is 3.60. The molecule has 0 saturated heterocycles. The zero-order valence-electron chi connectivity index (χ0n) is 9.78. The summed E-state index contributed by atoms with van der Waals surface area (Å²) in [5.41, 5.74) is 1.49. The first-order chi connectivity index (χ1) is 8.88. The van der Waals surface area contributed by atoms with Crippen LogP contribution in [0.15, 0.2) is 54.6 Å². The van der Waals surface area contributed by atoms with Crippen molar-refractivity contribution in [2.45, 2.75) is 0 Å². The number of benzene rings is 1. The van der Waals surface area contributed by atoms with Crippen molar-refractivity contribution >= 4 is 6.08 Å². The van der Waals surface area contributed by atoms with Gasteiger partial charge in [0, 0.05) is 6.07 Å². The van der Waals surface area contributed by atoms with Gasteiger partial charge in [0.1, 0.15) is 18.4 Å². The third-order valence-electron chi connectivity index (χ3n) is 2.28. The second-order valence-corrected chi connectivity index (χ2v) is 3.60. The summed E-state index contributed by atoms with van der Waals surface area (Å²) in [7, 11) is 0. The maximum Gasteiger partial charge on any atom is 0.214 e. The van der Waals surface area contributed by atoms with Crippen LogP contribution < -0.4 is 4.74 Å². The summed E-state index contributed by atoms with van der Waals surface area (Å²) in [6.45, 7) is 0.427. The molecule has 0 amide bonds. The van der Waals surface area contributed by atoms with Crippen molar-refractivity contribution in [3.63, 3.8) is 0 Å². The van der Waals surface area contributed by atoms with E-state index in [1.807, 2.05) is 48.6 Å². The number of hydrogen-bond donors (Lipinski definition) is 0. The number of pyridine rings is 1. The summed E-state index contributed by atoms with van der Waals surface area (Å²) in [4.78, 5) is 4.02. The van der Waals surface area contributed by atoms with Crippen LogP contribution >= 0.6 is 0 Å². The lowest BCUT2D eigenvalue weighted by molar-refractivity contribution is 0.349. The van der Waals surface area contributed by atoms with Gasteiger partial charge in [-0.1, -0.05) is 42.5 Å². The summed E-state index contributed by atoms with van der Waals surface area (Å²) in [5, 5.41) is 8.70. The molecule has 88 valence electrons. The highest BCUT2D eigenvalue weighted by Gasteiger charge is 1.95. The van der Waals surface area contributed by atoms with Crippen molar-refractivity contribution in [1.82, 2.24) is 4.98 Å². The predicted molar refractivity (Wildman–Crippen MR) is 69.9 cm³/mol. The highest BCUT2D eigenvalue weighted by molar-refractivity contribution is 5.48. The normalized spacial score (nSPS) is 10.2. The Hall–Kier alpha value is -2.60. The van der Waals surface area contributed by atoms with E-state index in [4.69, 9.17) is 10.00 Å². The van der Waals surface area contributed by atoms with Crippen LogP contribution in [0.3, 0.4) is 0 Å². The molecule has 1 aromatic carbocycles. The molecule has 0 fully saturated rings. The fourth-order valence-corrected chi connectivity index (χ4v) is 1.44. The lowest BCUT2D eigenvalue weighted by Crippen LogP contribution is -1.96. The minimum atomic E-state index is 0.361. The van der Waals surface area contributed by atoms with Crippen LogP contribution in [0, 0.1) is 11.3 Å². The molecule has 0 N–H and O–H groups in total. The number of nitrogens with zero attached hydrogens (tertiary/aromatic N) is 2. The van der Waals surface area contributed by atoms with Crippen molar-refractivity contribution in [1.29, 1.82) is 5.26 Å². The van der Waals surface area contributed by atoms with Gasteiger partial charge in [-0.05, 0) is 17.7 Å². The molecule has 3 heteroatoms. The van der Waals surface area contributed by atoms with Crippen LogP contribution in [0.4, 0.5) is 0 Å². The average molecular weight is 236 g/mol. The molecule has 0 radical (unpaired) electrons. The molecular weight excluding hydrogens is 224 g/mol. The largest absolute Gasteiger partial charge is 0.473 e. The van der Waals surface area contributed by atoms with E-state index in [1.54, 1.807) is 18.2 Å². The highest BCUT2D eigenvalue weighted by atomic mass is 16.5. The van der Waals surface area contributed by atoms with Crippen molar-refractivity contribution in [2.24, 2.45) is 0 Å². The minimum absolute atomic E-state index is 0.361. The first kappa shape index (κ1) is 11.9. The van der Waals surface area contributed by atoms with E-state index < -0.39 is 0 Å². The molecule has 18 heavy (non-hydrogen) atoms. The summed E-state index contributed by atoms with van der Waals surface area (Å²) in [6, 6.07) is 17.1. The van der Waals surface area contributed by atoms with Crippen LogP contribution in [-0.4, -0.2) is 11.6 Å². The van der Waals surface area contributed by atoms with Gasteiger partial charge < -0.3 is 4.74 Å². The highest BCUT2D eigenvalue weighted by Crippen LogP contribution is 2.07. The molecule has 0 atom stereocenters. The fraction of sp³-hybridized carbons (Fsp3) is 0.0667. The number of ether oxygens (including phenoxy) is 1. The molecule has 2 aromatic rings. The molecule has 0 bridgehead atoms. The Kier molecular flexibility index (Phi) is 4.10. The maximum atomic E-state index is 8.70. The molecule has 0 saturated carbocycles. The number of aromatic nitrogens is 1. The Morgan fingerprint density at radius 3 is 2.72 bits per heavy atom. The van der Waals surface area contributed by atoms with Gasteiger partial charge in [0.05, 0.1) is 0 Å². The molecule has 0 aliphatic rings. The van der Waals surface area contributed by atoms with E-state index in [0.29, 0.717) is 18.2 Å². The monoisotopic (exact) mass is 236 g/mol. The van der Waals surface area contributed by atoms with Gasteiger partial charge in [0.15, 0.2) is 0 Å². The Labute approximate surface area is 106 Å². The minimum Gasteiger partial charge on any atom is -0.473 e. The van der Waals surface area contributed by atoms with Gasteiger partial charge in [-0.2, -0.15) is 5.26 Å². The lowest BCUT2D eigenvalue weighted by Gasteiger charge is -2.01. The van der Waals surface area contributed by atoms with E-state index in [0.717, 1.165) is 5.56 Å². The molecule has 0 aliphatic heterocycles. The van der Waals surface area contributed by atoms with Gasteiger partial charge in [0.2, 0.25) is 5.88 Å². The Balaban J connectivity index is 1.89. The third-order valence-corrected chi connectivity index (χ3v) is 2.28. The molecule has 0 spiro atoms. The standard InChI is InChI=1S/C15H12N2O/c16-12-14-9-4-10-15(17-14)18-11-5-8-13-6-2-1-3-7-13/h1-10H,11H2. The van der Waals surface area contributed by atoms with Crippen molar-refractivity contribution in [2.75, 3.05) is 6.61 Å². The molecule has 1 heterocycles. The molecule has 3 nitrogen and oxygen atoms in total. The first-order valence-electron chi connectivity index (χ1n) is 5.60.